The Morgan fingerprint density at radius 3 is 1.78 bits per heavy atom. The van der Waals surface area contributed by atoms with Crippen LogP contribution in [-0.4, -0.2) is 121 Å². The van der Waals surface area contributed by atoms with E-state index in [1.165, 1.54) is 35.1 Å². The average molecular weight is 1050 g/mol. The van der Waals surface area contributed by atoms with Crippen LogP contribution >= 0.6 is 43.5 Å². The van der Waals surface area contributed by atoms with E-state index in [1.807, 2.05) is 54.5 Å². The van der Waals surface area contributed by atoms with Crippen LogP contribution in [0.5, 0.6) is 0 Å². The quantitative estimate of drug-likeness (QED) is 0.166. The zero-order chi connectivity index (χ0) is 46.1. The highest BCUT2D eigenvalue weighted by atomic mass is 79.9. The van der Waals surface area contributed by atoms with Crippen LogP contribution in [0.3, 0.4) is 0 Å². The number of rotatable bonds is 5. The summed E-state index contributed by atoms with van der Waals surface area (Å²) in [7, 11) is 0. The van der Waals surface area contributed by atoms with Crippen LogP contribution in [0.15, 0.2) is 100 Å². The molecule has 3 saturated heterocycles. The molecule has 350 valence electrons. The molecule has 0 atom stereocenters. The molecule has 3 aromatic carbocycles. The number of anilines is 2. The third kappa shape index (κ3) is 11.6. The Morgan fingerprint density at radius 1 is 0.687 bits per heavy atom. The Labute approximate surface area is 413 Å². The van der Waals surface area contributed by atoms with Crippen LogP contribution in [0, 0.1) is 0 Å². The van der Waals surface area contributed by atoms with Gasteiger partial charge in [0.05, 0.1) is 57.6 Å². The number of benzene rings is 3. The maximum Gasteiger partial charge on any atom is 0.222 e. The maximum absolute atomic E-state index is 12.5. The standard InChI is InChI=1S/C25H29N5O2.C13H13BrN2O.C9H5BrClN.C4H9NO/c1-2-23(31)29-8-9-30-21(16-29)24(27-25(30)17-6-7-17)19-5-3-4-18-14-22(26-15-20(18)19)28-10-12-32-13-11-28;14-12-3-1-2-10-8-13(15-9-11(10)12)16-4-6-17-7-5-16;10-8-3-1-2-6-4-9(11)12-5-7(6)8;1-3-6-4-2-5-1/h3-5,14-15,17H,2,6-13,16H2,1H3;1-3,8-9H,4-7H2;1-5H;5H,1-4H2. The first-order valence-electron chi connectivity index (χ1n) is 23.3. The molecule has 4 fully saturated rings. The third-order valence-electron chi connectivity index (χ3n) is 12.5. The first-order valence-corrected chi connectivity index (χ1v) is 25.2. The van der Waals surface area contributed by atoms with Gasteiger partial charge in [-0.3, -0.25) is 4.79 Å². The summed E-state index contributed by atoms with van der Waals surface area (Å²) in [5.74, 6) is 4.03. The van der Waals surface area contributed by atoms with Gasteiger partial charge in [0.1, 0.15) is 22.6 Å². The lowest BCUT2D eigenvalue weighted by Crippen LogP contribution is -2.38. The van der Waals surface area contributed by atoms with Gasteiger partial charge in [0, 0.05) is 114 Å². The summed E-state index contributed by atoms with van der Waals surface area (Å²) in [5.41, 5.74) is 3.31. The van der Waals surface area contributed by atoms with E-state index in [0.717, 1.165) is 145 Å². The SMILES string of the molecule is Brc1cccc2cc(N3CCOCC3)ncc12.C1COCCN1.CCC(=O)N1CCn2c(C3CC3)nc(-c3cccc4cc(N5CCOCC5)ncc34)c2C1.Clc1cc2cccc(Br)c2cn1. The number of hydrogen-bond acceptors (Lipinski definition) is 11. The van der Waals surface area contributed by atoms with E-state index < -0.39 is 0 Å². The average Bonchev–Trinajstić information content (AvgIpc) is 4.17. The molecule has 1 aliphatic carbocycles. The first kappa shape index (κ1) is 47.3. The highest BCUT2D eigenvalue weighted by molar-refractivity contribution is 9.11. The lowest BCUT2D eigenvalue weighted by atomic mass is 10.0. The van der Waals surface area contributed by atoms with E-state index >= 15 is 0 Å². The van der Waals surface area contributed by atoms with Crippen molar-refractivity contribution in [3.8, 4) is 11.3 Å². The lowest BCUT2D eigenvalue weighted by molar-refractivity contribution is -0.132. The molecule has 16 heteroatoms. The minimum absolute atomic E-state index is 0.214. The molecule has 12 rings (SSSR count). The number of carbonyl (C=O) groups is 1. The number of hydrogen-bond donors (Lipinski definition) is 1. The Morgan fingerprint density at radius 2 is 1.22 bits per heavy atom. The van der Waals surface area contributed by atoms with Gasteiger partial charge in [-0.05, 0) is 59.3 Å². The van der Waals surface area contributed by atoms with E-state index in [2.05, 4.69) is 104 Å². The van der Waals surface area contributed by atoms with Gasteiger partial charge in [0.2, 0.25) is 5.91 Å². The number of nitrogens with one attached hydrogen (secondary N) is 1. The second kappa shape index (κ2) is 22.6. The number of fused-ring (bicyclic) bond motifs is 4. The number of ether oxygens (including phenoxy) is 3. The van der Waals surface area contributed by atoms with Crippen molar-refractivity contribution in [2.24, 2.45) is 0 Å². The monoisotopic (exact) mass is 1050 g/mol. The number of pyridine rings is 3. The highest BCUT2D eigenvalue weighted by Gasteiger charge is 2.34. The van der Waals surface area contributed by atoms with Crippen molar-refractivity contribution in [2.45, 2.75) is 45.2 Å². The molecule has 0 radical (unpaired) electrons. The van der Waals surface area contributed by atoms with Crippen LogP contribution in [0.25, 0.3) is 43.6 Å². The van der Waals surface area contributed by atoms with Crippen molar-refractivity contribution in [3.05, 3.63) is 117 Å². The largest absolute Gasteiger partial charge is 0.379 e. The minimum atomic E-state index is 0.214. The summed E-state index contributed by atoms with van der Waals surface area (Å²) in [6, 6.07) is 24.8. The van der Waals surface area contributed by atoms with E-state index in [0.29, 0.717) is 24.0 Å². The number of aromatic nitrogens is 5. The molecule has 5 aliphatic rings. The molecule has 1 N–H and O–H groups in total. The second-order valence-corrected chi connectivity index (χ2v) is 19.1. The van der Waals surface area contributed by atoms with Crippen molar-refractivity contribution in [2.75, 3.05) is 95.3 Å². The van der Waals surface area contributed by atoms with Gasteiger partial charge < -0.3 is 38.8 Å². The van der Waals surface area contributed by atoms with Gasteiger partial charge >= 0.3 is 0 Å². The minimum Gasteiger partial charge on any atom is -0.379 e. The smallest absolute Gasteiger partial charge is 0.222 e. The molecule has 0 spiro atoms. The second-order valence-electron chi connectivity index (χ2n) is 17.0. The molecule has 1 amide bonds. The number of nitrogens with zero attached hydrogens (tertiary/aromatic N) is 8. The van der Waals surface area contributed by atoms with Crippen molar-refractivity contribution in [3.63, 3.8) is 0 Å². The van der Waals surface area contributed by atoms with Crippen LogP contribution in [-0.2, 0) is 32.1 Å². The Kier molecular flexibility index (Phi) is 15.9. The summed E-state index contributed by atoms with van der Waals surface area (Å²) in [5, 5.41) is 10.5. The third-order valence-corrected chi connectivity index (χ3v) is 14.1. The van der Waals surface area contributed by atoms with Crippen LogP contribution in [0.2, 0.25) is 5.15 Å². The van der Waals surface area contributed by atoms with Gasteiger partial charge in [-0.2, -0.15) is 0 Å². The number of halogens is 3. The molecular weight excluding hydrogens is 998 g/mol. The van der Waals surface area contributed by atoms with Crippen molar-refractivity contribution in [1.29, 1.82) is 0 Å². The topological polar surface area (TPSA) is 123 Å². The first-order chi connectivity index (χ1) is 32.8. The molecule has 13 nitrogen and oxygen atoms in total. The number of carbonyl (C=O) groups excluding carboxylic acids is 1. The summed E-state index contributed by atoms with van der Waals surface area (Å²) in [6.07, 6.45) is 8.67. The molecular formula is C51H56Br2ClN9O4. The van der Waals surface area contributed by atoms with Crippen LogP contribution < -0.4 is 15.1 Å². The molecule has 4 aliphatic heterocycles. The normalized spacial score (nSPS) is 17.2. The lowest BCUT2D eigenvalue weighted by Gasteiger charge is -2.29. The molecule has 0 unspecified atom stereocenters. The van der Waals surface area contributed by atoms with Gasteiger partial charge in [0.25, 0.3) is 0 Å². The summed E-state index contributed by atoms with van der Waals surface area (Å²) in [4.78, 5) is 37.5. The fraction of sp³-hybridized carbons (Fsp3) is 0.392. The van der Waals surface area contributed by atoms with Gasteiger partial charge in [-0.1, -0.05) is 92.8 Å². The number of amides is 1. The summed E-state index contributed by atoms with van der Waals surface area (Å²) < 4.78 is 20.4. The Hall–Kier alpha value is -4.74. The molecule has 1 saturated carbocycles. The van der Waals surface area contributed by atoms with Gasteiger partial charge in [-0.25, -0.2) is 19.9 Å². The molecule has 4 aromatic heterocycles. The van der Waals surface area contributed by atoms with E-state index in [9.17, 15) is 4.79 Å². The predicted molar refractivity (Wildman–Crippen MR) is 274 cm³/mol. The molecule has 67 heavy (non-hydrogen) atoms. The van der Waals surface area contributed by atoms with E-state index in [-0.39, 0.29) is 5.91 Å². The fourth-order valence-corrected chi connectivity index (χ4v) is 9.88. The zero-order valence-electron chi connectivity index (χ0n) is 37.8. The van der Waals surface area contributed by atoms with Crippen molar-refractivity contribution >= 4 is 93.3 Å². The summed E-state index contributed by atoms with van der Waals surface area (Å²) >= 11 is 12.7. The van der Waals surface area contributed by atoms with Crippen molar-refractivity contribution < 1.29 is 19.0 Å². The van der Waals surface area contributed by atoms with Crippen LogP contribution in [0.4, 0.5) is 11.6 Å². The fourth-order valence-electron chi connectivity index (χ4n) is 8.74. The zero-order valence-corrected chi connectivity index (χ0v) is 41.7. The maximum atomic E-state index is 12.5. The van der Waals surface area contributed by atoms with E-state index in [1.54, 1.807) is 6.20 Å². The van der Waals surface area contributed by atoms with E-state index in [4.69, 9.17) is 35.8 Å². The Bertz CT molecular complexity index is 2800. The van der Waals surface area contributed by atoms with Crippen molar-refractivity contribution in [1.82, 2.24) is 34.7 Å². The number of imidazole rings is 1. The van der Waals surface area contributed by atoms with Gasteiger partial charge in [0.15, 0.2) is 0 Å². The van der Waals surface area contributed by atoms with Gasteiger partial charge in [-0.15, -0.1) is 0 Å². The Balaban J connectivity index is 0.000000133. The molecule has 8 heterocycles. The summed E-state index contributed by atoms with van der Waals surface area (Å²) in [6.45, 7) is 14.7. The number of morpholine rings is 3. The predicted octanol–water partition coefficient (Wildman–Crippen LogP) is 9.66. The molecule has 7 aromatic rings. The molecule has 0 bridgehead atoms. The van der Waals surface area contributed by atoms with Crippen LogP contribution in [0.1, 0.15) is 43.6 Å². The highest BCUT2D eigenvalue weighted by Crippen LogP contribution is 2.43.